The standard InChI is InChI=1S/C24H28N2O5S2/c1-13(2)31-19(24(28)29)11-16-7-8-18(30-5)17(10-16)12-25-22(27)21-15(4)33-23(26-21)20-9-6-14(3)32-20/h6-10,13,19H,11-12H2,1-5H3,(H,25,27)(H,28,29). The number of carbonyl (C=O) groups is 2. The van der Waals surface area contributed by atoms with Crippen molar-refractivity contribution in [3.05, 3.63) is 56.9 Å². The number of nitrogens with zero attached hydrogens (tertiary/aromatic N) is 1. The van der Waals surface area contributed by atoms with Crippen LogP contribution in [0.1, 0.15) is 45.2 Å². The highest BCUT2D eigenvalue weighted by molar-refractivity contribution is 7.21. The second-order valence-corrected chi connectivity index (χ2v) is 10.4. The number of rotatable bonds is 10. The first-order valence-electron chi connectivity index (χ1n) is 10.5. The third kappa shape index (κ3) is 6.40. The molecule has 2 heterocycles. The molecule has 3 aromatic rings. The summed E-state index contributed by atoms with van der Waals surface area (Å²) in [4.78, 5) is 32.1. The van der Waals surface area contributed by atoms with Crippen molar-refractivity contribution in [2.75, 3.05) is 7.11 Å². The number of benzene rings is 1. The zero-order chi connectivity index (χ0) is 24.1. The average Bonchev–Trinajstić information content (AvgIpc) is 3.36. The minimum atomic E-state index is -1.01. The van der Waals surface area contributed by atoms with Gasteiger partial charge >= 0.3 is 5.97 Å². The van der Waals surface area contributed by atoms with E-state index in [0.717, 1.165) is 25.9 Å². The van der Waals surface area contributed by atoms with E-state index in [1.165, 1.54) is 16.2 Å². The molecule has 0 aliphatic rings. The molecule has 1 aromatic carbocycles. The summed E-state index contributed by atoms with van der Waals surface area (Å²) in [6.07, 6.45) is -0.932. The second kappa shape index (κ2) is 10.9. The van der Waals surface area contributed by atoms with E-state index in [2.05, 4.69) is 10.3 Å². The van der Waals surface area contributed by atoms with Crippen LogP contribution in [0.4, 0.5) is 0 Å². The molecular weight excluding hydrogens is 460 g/mol. The summed E-state index contributed by atoms with van der Waals surface area (Å²) in [5.74, 6) is -0.659. The zero-order valence-corrected chi connectivity index (χ0v) is 20.9. The fourth-order valence-electron chi connectivity index (χ4n) is 3.35. The van der Waals surface area contributed by atoms with Gasteiger partial charge in [0.1, 0.15) is 16.5 Å². The third-order valence-corrected chi connectivity index (χ3v) is 7.02. The molecule has 0 aliphatic heterocycles. The molecule has 0 fully saturated rings. The van der Waals surface area contributed by atoms with Gasteiger partial charge in [-0.05, 0) is 51.5 Å². The van der Waals surface area contributed by atoms with Crippen LogP contribution in [-0.4, -0.2) is 41.3 Å². The van der Waals surface area contributed by atoms with Gasteiger partial charge in [0.2, 0.25) is 0 Å². The maximum absolute atomic E-state index is 12.9. The van der Waals surface area contributed by atoms with Gasteiger partial charge in [0.25, 0.3) is 5.91 Å². The molecule has 9 heteroatoms. The van der Waals surface area contributed by atoms with Gasteiger partial charge in [-0.15, -0.1) is 22.7 Å². The molecule has 3 rings (SSSR count). The van der Waals surface area contributed by atoms with Gasteiger partial charge < -0.3 is 19.9 Å². The summed E-state index contributed by atoms with van der Waals surface area (Å²) in [6.45, 7) is 7.76. The lowest BCUT2D eigenvalue weighted by Gasteiger charge is -2.18. The first-order chi connectivity index (χ1) is 15.7. The molecule has 33 heavy (non-hydrogen) atoms. The molecule has 0 bridgehead atoms. The summed E-state index contributed by atoms with van der Waals surface area (Å²) in [6, 6.07) is 9.48. The number of ether oxygens (including phenoxy) is 2. The van der Waals surface area contributed by atoms with Crippen molar-refractivity contribution in [1.29, 1.82) is 0 Å². The summed E-state index contributed by atoms with van der Waals surface area (Å²) >= 11 is 3.15. The summed E-state index contributed by atoms with van der Waals surface area (Å²) in [7, 11) is 1.56. The van der Waals surface area contributed by atoms with E-state index < -0.39 is 12.1 Å². The molecular formula is C24H28N2O5S2. The van der Waals surface area contributed by atoms with Crippen LogP contribution in [0.3, 0.4) is 0 Å². The van der Waals surface area contributed by atoms with Gasteiger partial charge in [0.05, 0.1) is 18.1 Å². The number of aryl methyl sites for hydroxylation is 2. The fraction of sp³-hybridized carbons (Fsp3) is 0.375. The van der Waals surface area contributed by atoms with Crippen molar-refractivity contribution in [2.45, 2.75) is 52.9 Å². The van der Waals surface area contributed by atoms with Crippen LogP contribution < -0.4 is 10.1 Å². The number of amides is 1. The predicted molar refractivity (Wildman–Crippen MR) is 130 cm³/mol. The van der Waals surface area contributed by atoms with Crippen LogP contribution in [0.25, 0.3) is 9.88 Å². The molecule has 0 saturated carbocycles. The number of aromatic nitrogens is 1. The maximum atomic E-state index is 12.9. The van der Waals surface area contributed by atoms with Gasteiger partial charge in [-0.3, -0.25) is 4.79 Å². The molecule has 0 radical (unpaired) electrons. The number of thiophene rings is 1. The summed E-state index contributed by atoms with van der Waals surface area (Å²) < 4.78 is 10.9. The molecule has 0 spiro atoms. The SMILES string of the molecule is COc1ccc(CC(OC(C)C)C(=O)O)cc1CNC(=O)c1nc(-c2ccc(C)s2)sc1C. The van der Waals surface area contributed by atoms with E-state index in [1.807, 2.05) is 38.1 Å². The van der Waals surface area contributed by atoms with Crippen LogP contribution in [-0.2, 0) is 22.5 Å². The Morgan fingerprint density at radius 2 is 1.91 bits per heavy atom. The van der Waals surface area contributed by atoms with Crippen LogP contribution >= 0.6 is 22.7 Å². The van der Waals surface area contributed by atoms with Gasteiger partial charge in [0.15, 0.2) is 6.10 Å². The first-order valence-corrected chi connectivity index (χ1v) is 12.2. The molecule has 176 valence electrons. The van der Waals surface area contributed by atoms with E-state index in [0.29, 0.717) is 11.4 Å². The molecule has 2 N–H and O–H groups in total. The molecule has 0 aliphatic carbocycles. The maximum Gasteiger partial charge on any atom is 0.333 e. The Labute approximate surface area is 201 Å². The van der Waals surface area contributed by atoms with E-state index in [1.54, 1.807) is 38.4 Å². The fourth-order valence-corrected chi connectivity index (χ4v) is 5.19. The Bertz CT molecular complexity index is 1140. The molecule has 1 atom stereocenters. The Morgan fingerprint density at radius 1 is 1.15 bits per heavy atom. The Kier molecular flexibility index (Phi) is 8.23. The predicted octanol–water partition coefficient (Wildman–Crippen LogP) is 4.85. The van der Waals surface area contributed by atoms with Crippen molar-refractivity contribution >= 4 is 34.6 Å². The summed E-state index contributed by atoms with van der Waals surface area (Å²) in [5, 5.41) is 13.2. The normalized spacial score (nSPS) is 12.1. The second-order valence-electron chi connectivity index (χ2n) is 7.88. The highest BCUT2D eigenvalue weighted by atomic mass is 32.1. The number of aliphatic carboxylic acids is 1. The van der Waals surface area contributed by atoms with Crippen molar-refractivity contribution in [1.82, 2.24) is 10.3 Å². The monoisotopic (exact) mass is 488 g/mol. The molecule has 2 aromatic heterocycles. The third-order valence-electron chi connectivity index (χ3n) is 4.88. The van der Waals surface area contributed by atoms with E-state index in [4.69, 9.17) is 9.47 Å². The lowest BCUT2D eigenvalue weighted by molar-refractivity contribution is -0.153. The molecule has 1 unspecified atom stereocenters. The van der Waals surface area contributed by atoms with Crippen LogP contribution in [0.2, 0.25) is 0 Å². The molecule has 7 nitrogen and oxygen atoms in total. The number of carbonyl (C=O) groups excluding carboxylic acids is 1. The van der Waals surface area contributed by atoms with Crippen LogP contribution in [0.15, 0.2) is 30.3 Å². The smallest absolute Gasteiger partial charge is 0.333 e. The van der Waals surface area contributed by atoms with E-state index in [-0.39, 0.29) is 25.0 Å². The van der Waals surface area contributed by atoms with Crippen molar-refractivity contribution in [3.63, 3.8) is 0 Å². The van der Waals surface area contributed by atoms with Gasteiger partial charge in [-0.1, -0.05) is 12.1 Å². The highest BCUT2D eigenvalue weighted by Gasteiger charge is 2.21. The van der Waals surface area contributed by atoms with E-state index >= 15 is 0 Å². The van der Waals surface area contributed by atoms with Crippen molar-refractivity contribution < 1.29 is 24.2 Å². The average molecular weight is 489 g/mol. The number of hydrogen-bond donors (Lipinski definition) is 2. The van der Waals surface area contributed by atoms with E-state index in [9.17, 15) is 14.7 Å². The summed E-state index contributed by atoms with van der Waals surface area (Å²) in [5.41, 5.74) is 1.94. The number of thiazole rings is 1. The highest BCUT2D eigenvalue weighted by Crippen LogP contribution is 2.32. The van der Waals surface area contributed by atoms with Gasteiger partial charge in [-0.25, -0.2) is 9.78 Å². The Balaban J connectivity index is 1.74. The minimum absolute atomic E-state index is 0.201. The van der Waals surface area contributed by atoms with Gasteiger partial charge in [0, 0.05) is 28.3 Å². The van der Waals surface area contributed by atoms with Crippen molar-refractivity contribution in [2.24, 2.45) is 0 Å². The number of nitrogens with one attached hydrogen (secondary N) is 1. The first kappa shape index (κ1) is 24.9. The van der Waals surface area contributed by atoms with Crippen molar-refractivity contribution in [3.8, 4) is 15.6 Å². The Hall–Kier alpha value is -2.75. The molecule has 1 amide bonds. The van der Waals surface area contributed by atoms with Crippen LogP contribution in [0, 0.1) is 13.8 Å². The quantitative estimate of drug-likeness (QED) is 0.423. The van der Waals surface area contributed by atoms with Gasteiger partial charge in [-0.2, -0.15) is 0 Å². The largest absolute Gasteiger partial charge is 0.496 e. The van der Waals surface area contributed by atoms with Crippen LogP contribution in [0.5, 0.6) is 5.75 Å². The lowest BCUT2D eigenvalue weighted by Crippen LogP contribution is -2.29. The lowest BCUT2D eigenvalue weighted by atomic mass is 10.0. The Morgan fingerprint density at radius 3 is 2.52 bits per heavy atom. The number of carboxylic acids is 1. The topological polar surface area (TPSA) is 97.8 Å². The number of carboxylic acid groups (broad SMARTS) is 1. The zero-order valence-electron chi connectivity index (χ0n) is 19.3. The minimum Gasteiger partial charge on any atom is -0.496 e. The molecule has 0 saturated heterocycles. The number of hydrogen-bond acceptors (Lipinski definition) is 7. The number of methoxy groups -OCH3 is 1.